The third-order valence-electron chi connectivity index (χ3n) is 4.41. The molecule has 3 rings (SSSR count). The first-order valence-corrected chi connectivity index (χ1v) is 6.73. The first kappa shape index (κ1) is 11.2. The maximum Gasteiger partial charge on any atom is 0.233 e. The average Bonchev–Trinajstić information content (AvgIpc) is 2.83. The van der Waals surface area contributed by atoms with Crippen molar-refractivity contribution in [2.24, 2.45) is 11.8 Å². The predicted molar refractivity (Wildman–Crippen MR) is 61.1 cm³/mol. The zero-order valence-electron chi connectivity index (χ0n) is 10.2. The second-order valence-electron chi connectivity index (χ2n) is 5.38. The Bertz CT molecular complexity index is 333. The molecule has 3 fully saturated rings. The quantitative estimate of drug-likeness (QED) is 0.547. The standard InChI is InChI=1S/C13H19NO3/c1-2-10-11(17-10)6-7-14-12(15)8-4-3-5-9(8)13(14)16/h8-11H,2-7H2,1H3. The van der Waals surface area contributed by atoms with Crippen LogP contribution in [0, 0.1) is 11.8 Å². The zero-order valence-corrected chi connectivity index (χ0v) is 10.2. The lowest BCUT2D eigenvalue weighted by Crippen LogP contribution is -2.33. The molecule has 4 nitrogen and oxygen atoms in total. The third kappa shape index (κ3) is 1.79. The van der Waals surface area contributed by atoms with Crippen LogP contribution in [0.1, 0.15) is 39.0 Å². The van der Waals surface area contributed by atoms with E-state index in [9.17, 15) is 9.59 Å². The van der Waals surface area contributed by atoms with Gasteiger partial charge in [0.25, 0.3) is 0 Å². The van der Waals surface area contributed by atoms with Gasteiger partial charge in [-0.1, -0.05) is 13.3 Å². The van der Waals surface area contributed by atoms with Crippen molar-refractivity contribution in [2.75, 3.05) is 6.54 Å². The minimum absolute atomic E-state index is 0.00425. The molecule has 0 spiro atoms. The van der Waals surface area contributed by atoms with Crippen molar-refractivity contribution in [2.45, 2.75) is 51.2 Å². The van der Waals surface area contributed by atoms with E-state index in [4.69, 9.17) is 4.74 Å². The molecule has 17 heavy (non-hydrogen) atoms. The highest BCUT2D eigenvalue weighted by Gasteiger charge is 2.50. The number of carbonyl (C=O) groups is 2. The Morgan fingerprint density at radius 1 is 1.18 bits per heavy atom. The summed E-state index contributed by atoms with van der Waals surface area (Å²) in [6.45, 7) is 2.66. The van der Waals surface area contributed by atoms with Gasteiger partial charge in [-0.05, 0) is 25.7 Å². The molecular formula is C13H19NO3. The van der Waals surface area contributed by atoms with Crippen LogP contribution in [-0.4, -0.2) is 35.5 Å². The first-order chi connectivity index (χ1) is 8.22. The van der Waals surface area contributed by atoms with Gasteiger partial charge in [0.05, 0.1) is 24.0 Å². The fraction of sp³-hybridized carbons (Fsp3) is 0.846. The fourth-order valence-corrected chi connectivity index (χ4v) is 3.33. The number of carbonyl (C=O) groups excluding carboxylic acids is 2. The first-order valence-electron chi connectivity index (χ1n) is 6.73. The molecule has 2 heterocycles. The van der Waals surface area contributed by atoms with Gasteiger partial charge in [0.2, 0.25) is 11.8 Å². The highest BCUT2D eigenvalue weighted by Crippen LogP contribution is 2.40. The molecule has 3 aliphatic rings. The van der Waals surface area contributed by atoms with Gasteiger partial charge in [-0.2, -0.15) is 0 Å². The molecule has 0 aromatic rings. The minimum atomic E-state index is 0.00425. The van der Waals surface area contributed by atoms with Crippen LogP contribution in [0.4, 0.5) is 0 Å². The molecular weight excluding hydrogens is 218 g/mol. The van der Waals surface area contributed by atoms with Crippen LogP contribution in [0.5, 0.6) is 0 Å². The number of ether oxygens (including phenoxy) is 1. The number of epoxide rings is 1. The average molecular weight is 237 g/mol. The molecule has 94 valence electrons. The van der Waals surface area contributed by atoms with Gasteiger partial charge in [-0.3, -0.25) is 14.5 Å². The van der Waals surface area contributed by atoms with Crippen LogP contribution in [0.15, 0.2) is 0 Å². The lowest BCUT2D eigenvalue weighted by molar-refractivity contribution is -0.140. The van der Waals surface area contributed by atoms with E-state index in [1.54, 1.807) is 0 Å². The van der Waals surface area contributed by atoms with Crippen molar-refractivity contribution < 1.29 is 14.3 Å². The summed E-state index contributed by atoms with van der Waals surface area (Å²) in [5.41, 5.74) is 0. The molecule has 4 atom stereocenters. The molecule has 4 unspecified atom stereocenters. The van der Waals surface area contributed by atoms with Crippen LogP contribution in [-0.2, 0) is 14.3 Å². The summed E-state index contributed by atoms with van der Waals surface area (Å²) in [4.78, 5) is 25.6. The van der Waals surface area contributed by atoms with Crippen LogP contribution in [0.25, 0.3) is 0 Å². The monoisotopic (exact) mass is 237 g/mol. The van der Waals surface area contributed by atoms with Crippen LogP contribution in [0.2, 0.25) is 0 Å². The number of hydrogen-bond donors (Lipinski definition) is 0. The van der Waals surface area contributed by atoms with Gasteiger partial charge in [0, 0.05) is 6.54 Å². The van der Waals surface area contributed by atoms with Gasteiger partial charge in [0.1, 0.15) is 0 Å². The number of rotatable bonds is 4. The Kier molecular flexibility index (Phi) is 2.69. The Morgan fingerprint density at radius 2 is 1.82 bits per heavy atom. The summed E-state index contributed by atoms with van der Waals surface area (Å²) in [6, 6.07) is 0. The molecule has 1 saturated carbocycles. The largest absolute Gasteiger partial charge is 0.370 e. The molecule has 4 heteroatoms. The highest BCUT2D eigenvalue weighted by atomic mass is 16.6. The number of fused-ring (bicyclic) bond motifs is 1. The van der Waals surface area contributed by atoms with Crippen LogP contribution < -0.4 is 0 Å². The van der Waals surface area contributed by atoms with E-state index in [1.807, 2.05) is 0 Å². The predicted octanol–water partition coefficient (Wildman–Crippen LogP) is 1.34. The van der Waals surface area contributed by atoms with E-state index < -0.39 is 0 Å². The summed E-state index contributed by atoms with van der Waals surface area (Å²) < 4.78 is 5.44. The minimum Gasteiger partial charge on any atom is -0.370 e. The lowest BCUT2D eigenvalue weighted by atomic mass is 10.00. The second kappa shape index (κ2) is 4.09. The van der Waals surface area contributed by atoms with Crippen LogP contribution >= 0.6 is 0 Å². The zero-order chi connectivity index (χ0) is 12.0. The molecule has 2 saturated heterocycles. The van der Waals surface area contributed by atoms with E-state index >= 15 is 0 Å². The maximum absolute atomic E-state index is 12.0. The summed E-state index contributed by atoms with van der Waals surface area (Å²) in [5, 5.41) is 0. The van der Waals surface area contributed by atoms with Gasteiger partial charge in [-0.15, -0.1) is 0 Å². The summed E-state index contributed by atoms with van der Waals surface area (Å²) in [6.07, 6.45) is 5.33. The SMILES string of the molecule is CCC1OC1CCN1C(=O)C2CCCC2C1=O. The summed E-state index contributed by atoms with van der Waals surface area (Å²) in [5.74, 6) is 0.159. The van der Waals surface area contributed by atoms with E-state index in [0.29, 0.717) is 12.6 Å². The fourth-order valence-electron chi connectivity index (χ4n) is 3.33. The molecule has 2 aliphatic heterocycles. The molecule has 0 radical (unpaired) electrons. The molecule has 0 aromatic carbocycles. The van der Waals surface area contributed by atoms with Gasteiger partial charge >= 0.3 is 0 Å². The normalized spacial score (nSPS) is 39.9. The number of amides is 2. The topological polar surface area (TPSA) is 49.9 Å². The van der Waals surface area contributed by atoms with Crippen molar-refractivity contribution in [3.63, 3.8) is 0 Å². The molecule has 2 amide bonds. The van der Waals surface area contributed by atoms with Crippen LogP contribution in [0.3, 0.4) is 0 Å². The number of imide groups is 1. The van der Waals surface area contributed by atoms with Crippen molar-refractivity contribution in [3.05, 3.63) is 0 Å². The second-order valence-corrected chi connectivity index (χ2v) is 5.38. The van der Waals surface area contributed by atoms with Crippen molar-refractivity contribution in [1.29, 1.82) is 0 Å². The van der Waals surface area contributed by atoms with E-state index in [2.05, 4.69) is 6.92 Å². The molecule has 0 bridgehead atoms. The molecule has 0 N–H and O–H groups in total. The van der Waals surface area contributed by atoms with E-state index in [1.165, 1.54) is 4.90 Å². The van der Waals surface area contributed by atoms with Gasteiger partial charge < -0.3 is 4.74 Å². The molecule has 1 aliphatic carbocycles. The van der Waals surface area contributed by atoms with Gasteiger partial charge in [0.15, 0.2) is 0 Å². The number of likely N-dealkylation sites (tertiary alicyclic amines) is 1. The lowest BCUT2D eigenvalue weighted by Gasteiger charge is -2.14. The van der Waals surface area contributed by atoms with E-state index in [-0.39, 0.29) is 29.8 Å². The van der Waals surface area contributed by atoms with Crippen molar-refractivity contribution in [1.82, 2.24) is 4.90 Å². The summed E-state index contributed by atoms with van der Waals surface area (Å²) >= 11 is 0. The third-order valence-corrected chi connectivity index (χ3v) is 4.41. The molecule has 0 aromatic heterocycles. The van der Waals surface area contributed by atoms with Crippen molar-refractivity contribution in [3.8, 4) is 0 Å². The Morgan fingerprint density at radius 3 is 2.35 bits per heavy atom. The summed E-state index contributed by atoms with van der Waals surface area (Å²) in [7, 11) is 0. The Labute approximate surface area is 101 Å². The van der Waals surface area contributed by atoms with Gasteiger partial charge in [-0.25, -0.2) is 0 Å². The van der Waals surface area contributed by atoms with E-state index in [0.717, 1.165) is 32.1 Å². The Hall–Kier alpha value is -0.900. The van der Waals surface area contributed by atoms with Crippen molar-refractivity contribution >= 4 is 11.8 Å². The highest BCUT2D eigenvalue weighted by molar-refractivity contribution is 6.05. The number of nitrogens with zero attached hydrogens (tertiary/aromatic N) is 1. The Balaban J connectivity index is 1.57. The number of hydrogen-bond acceptors (Lipinski definition) is 3. The smallest absolute Gasteiger partial charge is 0.233 e. The maximum atomic E-state index is 12.0.